The molecule has 0 aliphatic carbocycles. The Morgan fingerprint density at radius 1 is 1.26 bits per heavy atom. The molecule has 0 unspecified atom stereocenters. The van der Waals surface area contributed by atoms with Gasteiger partial charge < -0.3 is 10.1 Å². The van der Waals surface area contributed by atoms with E-state index in [1.165, 1.54) is 5.56 Å². The van der Waals surface area contributed by atoms with Crippen LogP contribution in [0.4, 0.5) is 10.5 Å². The van der Waals surface area contributed by atoms with E-state index in [0.717, 1.165) is 44.3 Å². The van der Waals surface area contributed by atoms with Crippen LogP contribution in [0, 0.1) is 10.5 Å². The van der Waals surface area contributed by atoms with Crippen molar-refractivity contribution in [2.75, 3.05) is 11.6 Å². The summed E-state index contributed by atoms with van der Waals surface area (Å²) in [5.74, 6) is 0.878. The number of hydrogen-bond acceptors (Lipinski definition) is 3. The molecule has 3 nitrogen and oxygen atoms in total. The summed E-state index contributed by atoms with van der Waals surface area (Å²) in [5.41, 5.74) is 4.20. The first-order chi connectivity index (χ1) is 11.0. The van der Waals surface area contributed by atoms with Crippen molar-refractivity contribution in [3.05, 3.63) is 56.7 Å². The number of rotatable bonds is 5. The summed E-state index contributed by atoms with van der Waals surface area (Å²) in [4.78, 5) is 11.7. The van der Waals surface area contributed by atoms with Gasteiger partial charge in [-0.1, -0.05) is 36.9 Å². The molecule has 2 rings (SSSR count). The number of amides is 1. The van der Waals surface area contributed by atoms with E-state index >= 15 is 0 Å². The summed E-state index contributed by atoms with van der Waals surface area (Å²) in [7, 11) is 0. The van der Waals surface area contributed by atoms with Crippen molar-refractivity contribution in [3.8, 4) is 5.75 Å². The maximum absolute atomic E-state index is 11.7. The molecule has 1 N–H and O–H groups in total. The standard InChI is InChI=1S/C18H20INO2S/c1-4-13-5-8-17(12(2)9-13)22-11-14-6-7-15(19)10-16(14)20-18(21)23-3/h5-10H,4,11H2,1-3H3,(H,20,21). The Kier molecular flexibility index (Phi) is 6.77. The van der Waals surface area contributed by atoms with Gasteiger partial charge in [0.05, 0.1) is 0 Å². The Labute approximate surface area is 155 Å². The zero-order valence-electron chi connectivity index (χ0n) is 13.5. The molecular weight excluding hydrogens is 421 g/mol. The number of thioether (sulfide) groups is 1. The van der Waals surface area contributed by atoms with Gasteiger partial charge >= 0.3 is 0 Å². The number of nitrogens with one attached hydrogen (secondary N) is 1. The Hall–Kier alpha value is -1.21. The summed E-state index contributed by atoms with van der Waals surface area (Å²) in [6.07, 6.45) is 2.78. The molecule has 5 heteroatoms. The van der Waals surface area contributed by atoms with Gasteiger partial charge in [0.2, 0.25) is 0 Å². The van der Waals surface area contributed by atoms with Gasteiger partial charge in [0, 0.05) is 14.8 Å². The summed E-state index contributed by atoms with van der Waals surface area (Å²) in [6.45, 7) is 4.62. The quantitative estimate of drug-likeness (QED) is 0.611. The Morgan fingerprint density at radius 3 is 2.70 bits per heavy atom. The normalized spacial score (nSPS) is 10.4. The van der Waals surface area contributed by atoms with E-state index in [4.69, 9.17) is 4.74 Å². The number of benzene rings is 2. The topological polar surface area (TPSA) is 38.3 Å². The van der Waals surface area contributed by atoms with E-state index in [0.29, 0.717) is 6.61 Å². The van der Waals surface area contributed by atoms with Crippen LogP contribution in [0.1, 0.15) is 23.6 Å². The second-order valence-electron chi connectivity index (χ2n) is 5.16. The third-order valence-corrected chi connectivity index (χ3v) is 4.67. The van der Waals surface area contributed by atoms with Crippen LogP contribution in [-0.2, 0) is 13.0 Å². The largest absolute Gasteiger partial charge is 0.489 e. The number of aryl methyl sites for hydroxylation is 2. The molecule has 0 bridgehead atoms. The molecule has 0 atom stereocenters. The lowest BCUT2D eigenvalue weighted by Crippen LogP contribution is -2.08. The van der Waals surface area contributed by atoms with Gasteiger partial charge in [-0.25, -0.2) is 0 Å². The van der Waals surface area contributed by atoms with Gasteiger partial charge in [-0.3, -0.25) is 4.79 Å². The molecule has 23 heavy (non-hydrogen) atoms. The van der Waals surface area contributed by atoms with Crippen LogP contribution in [0.5, 0.6) is 5.75 Å². The number of carbonyl (C=O) groups is 1. The molecule has 0 fully saturated rings. The molecule has 0 saturated heterocycles. The maximum Gasteiger partial charge on any atom is 0.283 e. The van der Waals surface area contributed by atoms with E-state index < -0.39 is 0 Å². The van der Waals surface area contributed by atoms with Crippen LogP contribution < -0.4 is 10.1 Å². The minimum atomic E-state index is -0.0725. The molecule has 1 amide bonds. The molecular formula is C18H20INO2S. The van der Waals surface area contributed by atoms with Crippen molar-refractivity contribution >= 4 is 45.3 Å². The van der Waals surface area contributed by atoms with Crippen LogP contribution >= 0.6 is 34.4 Å². The first-order valence-corrected chi connectivity index (χ1v) is 9.69. The average Bonchev–Trinajstić information content (AvgIpc) is 2.54. The fraction of sp³-hybridized carbons (Fsp3) is 0.278. The lowest BCUT2D eigenvalue weighted by molar-refractivity contribution is 0.269. The average molecular weight is 441 g/mol. The molecule has 2 aromatic rings. The van der Waals surface area contributed by atoms with E-state index in [-0.39, 0.29) is 5.24 Å². The highest BCUT2D eigenvalue weighted by atomic mass is 127. The van der Waals surface area contributed by atoms with Crippen molar-refractivity contribution in [2.24, 2.45) is 0 Å². The van der Waals surface area contributed by atoms with Crippen LogP contribution in [0.25, 0.3) is 0 Å². The molecule has 0 radical (unpaired) electrons. The van der Waals surface area contributed by atoms with Crippen LogP contribution in [0.3, 0.4) is 0 Å². The van der Waals surface area contributed by atoms with Gasteiger partial charge in [0.1, 0.15) is 12.4 Å². The van der Waals surface area contributed by atoms with E-state index in [2.05, 4.69) is 53.9 Å². The lowest BCUT2D eigenvalue weighted by Gasteiger charge is -2.14. The monoisotopic (exact) mass is 441 g/mol. The SMILES string of the molecule is CCc1ccc(OCc2ccc(I)cc2NC(=O)SC)c(C)c1. The minimum Gasteiger partial charge on any atom is -0.489 e. The van der Waals surface area contributed by atoms with Gasteiger partial charge in [0.15, 0.2) is 0 Å². The Bertz CT molecular complexity index is 703. The highest BCUT2D eigenvalue weighted by molar-refractivity contribution is 14.1. The lowest BCUT2D eigenvalue weighted by atomic mass is 10.1. The van der Waals surface area contributed by atoms with E-state index in [9.17, 15) is 4.79 Å². The Morgan fingerprint density at radius 2 is 2.04 bits per heavy atom. The van der Waals surface area contributed by atoms with E-state index in [1.54, 1.807) is 6.26 Å². The molecule has 0 spiro atoms. The summed E-state index contributed by atoms with van der Waals surface area (Å²) in [6, 6.07) is 12.2. The minimum absolute atomic E-state index is 0.0725. The summed E-state index contributed by atoms with van der Waals surface area (Å²) in [5, 5.41) is 2.84. The second-order valence-corrected chi connectivity index (χ2v) is 7.18. The number of carbonyl (C=O) groups excluding carboxylic acids is 1. The van der Waals surface area contributed by atoms with Crippen molar-refractivity contribution in [2.45, 2.75) is 26.9 Å². The number of halogens is 1. The predicted molar refractivity (Wildman–Crippen MR) is 107 cm³/mol. The molecule has 2 aromatic carbocycles. The van der Waals surface area contributed by atoms with Crippen molar-refractivity contribution in [1.82, 2.24) is 0 Å². The highest BCUT2D eigenvalue weighted by Crippen LogP contribution is 2.25. The number of anilines is 1. The predicted octanol–water partition coefficient (Wildman–Crippen LogP) is 5.64. The highest BCUT2D eigenvalue weighted by Gasteiger charge is 2.09. The van der Waals surface area contributed by atoms with E-state index in [1.807, 2.05) is 24.3 Å². The zero-order valence-corrected chi connectivity index (χ0v) is 16.5. The van der Waals surface area contributed by atoms with Crippen molar-refractivity contribution < 1.29 is 9.53 Å². The van der Waals surface area contributed by atoms with Crippen molar-refractivity contribution in [3.63, 3.8) is 0 Å². The van der Waals surface area contributed by atoms with Gasteiger partial charge in [-0.2, -0.15) is 0 Å². The molecule has 0 aromatic heterocycles. The van der Waals surface area contributed by atoms with Crippen LogP contribution in [-0.4, -0.2) is 11.5 Å². The fourth-order valence-electron chi connectivity index (χ4n) is 2.20. The first-order valence-electron chi connectivity index (χ1n) is 7.39. The van der Waals surface area contributed by atoms with Crippen LogP contribution in [0.15, 0.2) is 36.4 Å². The molecule has 122 valence electrons. The molecule has 0 aliphatic rings. The van der Waals surface area contributed by atoms with Gasteiger partial charge in [-0.05, 0) is 71.5 Å². The van der Waals surface area contributed by atoms with Gasteiger partial charge in [-0.15, -0.1) is 0 Å². The third kappa shape index (κ3) is 5.14. The van der Waals surface area contributed by atoms with Crippen LogP contribution in [0.2, 0.25) is 0 Å². The summed E-state index contributed by atoms with van der Waals surface area (Å²) < 4.78 is 7.03. The number of hydrogen-bond donors (Lipinski definition) is 1. The zero-order chi connectivity index (χ0) is 16.8. The molecule has 0 saturated carbocycles. The third-order valence-electron chi connectivity index (χ3n) is 3.52. The maximum atomic E-state index is 11.7. The second kappa shape index (κ2) is 8.59. The Balaban J connectivity index is 2.15. The summed E-state index contributed by atoms with van der Waals surface area (Å²) >= 11 is 3.40. The van der Waals surface area contributed by atoms with Gasteiger partial charge in [0.25, 0.3) is 5.24 Å². The molecule has 0 aliphatic heterocycles. The number of ether oxygens (including phenoxy) is 1. The first kappa shape index (κ1) is 18.1. The van der Waals surface area contributed by atoms with Crippen molar-refractivity contribution in [1.29, 1.82) is 0 Å². The fourth-order valence-corrected chi connectivity index (χ4v) is 2.90. The smallest absolute Gasteiger partial charge is 0.283 e. The molecule has 0 heterocycles.